The van der Waals surface area contributed by atoms with E-state index in [-0.39, 0.29) is 12.0 Å². The normalized spacial score (nSPS) is 25.0. The Morgan fingerprint density at radius 3 is 2.05 bits per heavy atom. The number of ether oxygens (including phenoxy) is 1. The molecule has 1 saturated heterocycles. The van der Waals surface area contributed by atoms with Gasteiger partial charge in [0, 0.05) is 11.5 Å². The van der Waals surface area contributed by atoms with Gasteiger partial charge in [-0.3, -0.25) is 4.79 Å². The number of carbonyl (C=O) groups is 1. The number of esters is 1. The Kier molecular flexibility index (Phi) is 3.43. The molecule has 5 heteroatoms. The summed E-state index contributed by atoms with van der Waals surface area (Å²) in [5.41, 5.74) is -2.25. The van der Waals surface area contributed by atoms with E-state index in [4.69, 9.17) is 4.74 Å². The average Bonchev–Trinajstić information content (AvgIpc) is 2.88. The molecular weight excluding hydrogens is 293 g/mol. The second-order valence-corrected chi connectivity index (χ2v) is 5.24. The van der Waals surface area contributed by atoms with Gasteiger partial charge in [0.05, 0.1) is 6.42 Å². The zero-order valence-electron chi connectivity index (χ0n) is 11.5. The fraction of sp³-hybridized carbons (Fsp3) is 0.235. The lowest BCUT2D eigenvalue weighted by Gasteiger charge is -2.35. The Labute approximate surface area is 125 Å². The summed E-state index contributed by atoms with van der Waals surface area (Å²) in [6.45, 7) is 0. The summed E-state index contributed by atoms with van der Waals surface area (Å²) in [6, 6.07) is 15.6. The van der Waals surface area contributed by atoms with Gasteiger partial charge >= 0.3 is 12.1 Å². The Balaban J connectivity index is 2.21. The van der Waals surface area contributed by atoms with Gasteiger partial charge < -0.3 is 4.74 Å². The van der Waals surface area contributed by atoms with Crippen molar-refractivity contribution in [3.8, 4) is 0 Å². The standard InChI is InChI=1S/C17H13F3O2/c18-17(19,20)16(13-9-5-2-6-10-13)14(11-15(21)22-16)12-7-3-1-4-8-12/h1-10,14H,11H2/t14-,16+/m0/s1. The molecule has 0 aliphatic carbocycles. The maximum Gasteiger partial charge on any atom is 0.433 e. The van der Waals surface area contributed by atoms with Crippen molar-refractivity contribution < 1.29 is 22.7 Å². The highest BCUT2D eigenvalue weighted by atomic mass is 19.4. The van der Waals surface area contributed by atoms with Crippen molar-refractivity contribution in [3.05, 3.63) is 71.8 Å². The summed E-state index contributed by atoms with van der Waals surface area (Å²) in [5.74, 6) is -1.93. The quantitative estimate of drug-likeness (QED) is 0.778. The molecule has 1 heterocycles. The molecule has 114 valence electrons. The SMILES string of the molecule is O=C1C[C@@H](c2ccccc2)[C@](c2ccccc2)(C(F)(F)F)O1. The van der Waals surface area contributed by atoms with Gasteiger partial charge in [-0.15, -0.1) is 0 Å². The lowest BCUT2D eigenvalue weighted by Crippen LogP contribution is -2.46. The monoisotopic (exact) mass is 306 g/mol. The number of halogens is 3. The van der Waals surface area contributed by atoms with Crippen LogP contribution in [0.3, 0.4) is 0 Å². The van der Waals surface area contributed by atoms with E-state index in [9.17, 15) is 18.0 Å². The molecule has 0 aromatic heterocycles. The molecule has 2 nitrogen and oxygen atoms in total. The summed E-state index contributed by atoms with van der Waals surface area (Å²) >= 11 is 0. The van der Waals surface area contributed by atoms with Crippen LogP contribution in [0, 0.1) is 0 Å². The minimum Gasteiger partial charge on any atom is -0.444 e. The minimum atomic E-state index is -4.71. The highest BCUT2D eigenvalue weighted by Gasteiger charge is 2.67. The van der Waals surface area contributed by atoms with Crippen LogP contribution in [0.25, 0.3) is 0 Å². The van der Waals surface area contributed by atoms with E-state index in [1.165, 1.54) is 24.3 Å². The molecule has 1 fully saturated rings. The van der Waals surface area contributed by atoms with E-state index in [1.54, 1.807) is 36.4 Å². The van der Waals surface area contributed by atoms with Gasteiger partial charge in [0.25, 0.3) is 0 Å². The molecule has 22 heavy (non-hydrogen) atoms. The zero-order valence-corrected chi connectivity index (χ0v) is 11.5. The predicted octanol–water partition coefficient (Wildman–Crippen LogP) is 4.17. The molecule has 0 spiro atoms. The van der Waals surface area contributed by atoms with Crippen molar-refractivity contribution >= 4 is 5.97 Å². The number of rotatable bonds is 2. The van der Waals surface area contributed by atoms with Gasteiger partial charge in [-0.05, 0) is 5.56 Å². The third-order valence-corrected chi connectivity index (χ3v) is 3.96. The number of cyclic esters (lactones) is 1. The Bertz CT molecular complexity index is 667. The number of hydrogen-bond acceptors (Lipinski definition) is 2. The fourth-order valence-corrected chi connectivity index (χ4v) is 3.01. The molecule has 2 aromatic carbocycles. The van der Waals surface area contributed by atoms with Gasteiger partial charge in [-0.2, -0.15) is 13.2 Å². The number of carbonyl (C=O) groups excluding carboxylic acids is 1. The van der Waals surface area contributed by atoms with Crippen LogP contribution in [0.2, 0.25) is 0 Å². The van der Waals surface area contributed by atoms with E-state index in [0.717, 1.165) is 0 Å². The summed E-state index contributed by atoms with van der Waals surface area (Å²) in [5, 5.41) is 0. The van der Waals surface area contributed by atoms with Crippen LogP contribution in [-0.2, 0) is 15.1 Å². The van der Waals surface area contributed by atoms with Crippen molar-refractivity contribution in [1.82, 2.24) is 0 Å². The molecule has 2 atom stereocenters. The predicted molar refractivity (Wildman–Crippen MR) is 74.1 cm³/mol. The second-order valence-electron chi connectivity index (χ2n) is 5.24. The first kappa shape index (κ1) is 14.6. The minimum absolute atomic E-state index is 0.0535. The molecule has 0 amide bonds. The third-order valence-electron chi connectivity index (χ3n) is 3.96. The Morgan fingerprint density at radius 2 is 1.50 bits per heavy atom. The zero-order chi connectivity index (χ0) is 15.8. The van der Waals surface area contributed by atoms with E-state index in [0.29, 0.717) is 5.56 Å². The highest BCUT2D eigenvalue weighted by molar-refractivity contribution is 5.75. The summed E-state index contributed by atoms with van der Waals surface area (Å²) in [6.07, 6.45) is -5.00. The molecule has 1 aliphatic heterocycles. The van der Waals surface area contributed by atoms with Crippen molar-refractivity contribution in [1.29, 1.82) is 0 Å². The maximum absolute atomic E-state index is 13.9. The molecule has 0 radical (unpaired) electrons. The van der Waals surface area contributed by atoms with Crippen molar-refractivity contribution in [2.24, 2.45) is 0 Å². The van der Waals surface area contributed by atoms with Gasteiger partial charge in [-0.25, -0.2) is 0 Å². The molecule has 3 rings (SSSR count). The number of benzene rings is 2. The van der Waals surface area contributed by atoms with Crippen LogP contribution in [0.1, 0.15) is 23.5 Å². The third kappa shape index (κ3) is 2.17. The molecule has 1 aliphatic rings. The van der Waals surface area contributed by atoms with Gasteiger partial charge in [0.2, 0.25) is 5.60 Å². The van der Waals surface area contributed by atoms with Crippen molar-refractivity contribution in [2.45, 2.75) is 24.1 Å². The first-order valence-electron chi connectivity index (χ1n) is 6.84. The summed E-state index contributed by atoms with van der Waals surface area (Å²) in [4.78, 5) is 11.7. The lowest BCUT2D eigenvalue weighted by molar-refractivity contribution is -0.269. The van der Waals surface area contributed by atoms with Gasteiger partial charge in [0.1, 0.15) is 0 Å². The first-order chi connectivity index (χ1) is 10.4. The first-order valence-corrected chi connectivity index (χ1v) is 6.84. The van der Waals surface area contributed by atoms with E-state index in [2.05, 4.69) is 0 Å². The Hall–Kier alpha value is -2.30. The van der Waals surface area contributed by atoms with Crippen LogP contribution >= 0.6 is 0 Å². The largest absolute Gasteiger partial charge is 0.444 e. The molecule has 0 saturated carbocycles. The molecular formula is C17H13F3O2. The smallest absolute Gasteiger partial charge is 0.433 e. The van der Waals surface area contributed by atoms with Crippen LogP contribution in [0.4, 0.5) is 13.2 Å². The van der Waals surface area contributed by atoms with E-state index in [1.807, 2.05) is 0 Å². The van der Waals surface area contributed by atoms with Crippen molar-refractivity contribution in [2.75, 3.05) is 0 Å². The molecule has 0 unspecified atom stereocenters. The summed E-state index contributed by atoms with van der Waals surface area (Å²) < 4.78 is 46.7. The summed E-state index contributed by atoms with van der Waals surface area (Å²) in [7, 11) is 0. The topological polar surface area (TPSA) is 26.3 Å². The molecule has 0 N–H and O–H groups in total. The van der Waals surface area contributed by atoms with Crippen LogP contribution in [0.5, 0.6) is 0 Å². The van der Waals surface area contributed by atoms with Crippen molar-refractivity contribution in [3.63, 3.8) is 0 Å². The van der Waals surface area contributed by atoms with E-state index >= 15 is 0 Å². The van der Waals surface area contributed by atoms with Crippen LogP contribution < -0.4 is 0 Å². The maximum atomic E-state index is 13.9. The lowest BCUT2D eigenvalue weighted by atomic mass is 9.77. The number of alkyl halides is 3. The number of hydrogen-bond donors (Lipinski definition) is 0. The second kappa shape index (κ2) is 5.16. The van der Waals surface area contributed by atoms with Gasteiger partial charge in [0.15, 0.2) is 0 Å². The fourth-order valence-electron chi connectivity index (χ4n) is 3.01. The molecule has 0 bridgehead atoms. The van der Waals surface area contributed by atoms with Crippen LogP contribution in [-0.4, -0.2) is 12.1 Å². The van der Waals surface area contributed by atoms with Crippen LogP contribution in [0.15, 0.2) is 60.7 Å². The van der Waals surface area contributed by atoms with Gasteiger partial charge in [-0.1, -0.05) is 60.7 Å². The Morgan fingerprint density at radius 1 is 0.955 bits per heavy atom. The molecule has 2 aromatic rings. The highest BCUT2D eigenvalue weighted by Crippen LogP contribution is 2.56. The average molecular weight is 306 g/mol. The van der Waals surface area contributed by atoms with E-state index < -0.39 is 23.7 Å².